The van der Waals surface area contributed by atoms with Crippen LogP contribution in [0.3, 0.4) is 0 Å². The maximum atomic E-state index is 12.6. The number of hydrogen-bond acceptors (Lipinski definition) is 4. The Balaban J connectivity index is 2.12. The number of nitrogens with zero attached hydrogens (tertiary/aromatic N) is 2. The van der Waals surface area contributed by atoms with Crippen molar-refractivity contribution in [2.75, 3.05) is 17.2 Å². The second-order valence-electron chi connectivity index (χ2n) is 4.11. The summed E-state index contributed by atoms with van der Waals surface area (Å²) in [4.78, 5) is 17.0. The summed E-state index contributed by atoms with van der Waals surface area (Å²) < 4.78 is 33.7. The summed E-state index contributed by atoms with van der Waals surface area (Å²) in [6.07, 6.45) is 1.40. The fourth-order valence-electron chi connectivity index (χ4n) is 1.92. The molecule has 1 amide bonds. The van der Waals surface area contributed by atoms with E-state index < -0.39 is 21.9 Å². The lowest BCUT2D eigenvalue weighted by atomic mass is 10.1. The molecule has 1 saturated heterocycles. The fraction of sp³-hybridized carbons (Fsp3) is 0.400. The molecule has 0 aromatic carbocycles. The van der Waals surface area contributed by atoms with Gasteiger partial charge < -0.3 is 0 Å². The first-order valence-corrected chi connectivity index (χ1v) is 7.12. The summed E-state index contributed by atoms with van der Waals surface area (Å²) in [7, 11) is -4.56. The molecule has 1 aliphatic heterocycles. The van der Waals surface area contributed by atoms with Crippen LogP contribution in [0, 0.1) is 5.92 Å². The minimum Gasteiger partial charge on any atom is -0.296 e. The predicted octanol–water partition coefficient (Wildman–Crippen LogP) is 1.39. The molecule has 1 aromatic rings. The molecule has 18 heavy (non-hydrogen) atoms. The number of carbonyl (C=O) groups is 1. The molecule has 8 heteroatoms. The van der Waals surface area contributed by atoms with E-state index in [2.05, 4.69) is 4.98 Å². The van der Waals surface area contributed by atoms with Gasteiger partial charge in [-0.1, -0.05) is 11.6 Å². The van der Waals surface area contributed by atoms with Gasteiger partial charge >= 0.3 is 10.2 Å². The van der Waals surface area contributed by atoms with E-state index in [1.54, 1.807) is 12.1 Å². The van der Waals surface area contributed by atoms with E-state index in [-0.39, 0.29) is 18.9 Å². The molecule has 5 nitrogen and oxygen atoms in total. The zero-order chi connectivity index (χ0) is 13.3. The molecule has 0 saturated carbocycles. The SMILES string of the molecule is O=C1CC(CS(=O)(=O)F)CN1c1ccc(Cl)cn1. The highest BCUT2D eigenvalue weighted by Crippen LogP contribution is 2.25. The van der Waals surface area contributed by atoms with Crippen molar-refractivity contribution < 1.29 is 17.1 Å². The van der Waals surface area contributed by atoms with Crippen molar-refractivity contribution >= 4 is 33.5 Å². The number of aromatic nitrogens is 1. The highest BCUT2D eigenvalue weighted by atomic mass is 35.5. The number of anilines is 1. The van der Waals surface area contributed by atoms with Crippen LogP contribution in [-0.2, 0) is 15.0 Å². The van der Waals surface area contributed by atoms with Gasteiger partial charge in [-0.2, -0.15) is 8.42 Å². The van der Waals surface area contributed by atoms with Crippen molar-refractivity contribution in [1.82, 2.24) is 4.98 Å². The summed E-state index contributed by atoms with van der Waals surface area (Å²) in [6, 6.07) is 3.14. The summed E-state index contributed by atoms with van der Waals surface area (Å²) in [5, 5.41) is 0.438. The maximum absolute atomic E-state index is 12.6. The van der Waals surface area contributed by atoms with E-state index >= 15 is 0 Å². The van der Waals surface area contributed by atoms with E-state index in [1.807, 2.05) is 0 Å². The second kappa shape index (κ2) is 4.81. The number of rotatable bonds is 3. The standard InChI is InChI=1S/C10H10ClFN2O3S/c11-8-1-2-9(13-4-8)14-5-7(3-10(14)15)6-18(12,16)17/h1-2,4,7H,3,5-6H2. The number of pyridine rings is 1. The Kier molecular flexibility index (Phi) is 3.54. The Bertz CT molecular complexity index is 561. The molecule has 1 atom stereocenters. The van der Waals surface area contributed by atoms with Gasteiger partial charge in [-0.05, 0) is 12.1 Å². The molecule has 1 aromatic heterocycles. The smallest absolute Gasteiger partial charge is 0.296 e. The van der Waals surface area contributed by atoms with Gasteiger partial charge in [-0.3, -0.25) is 9.69 Å². The first-order chi connectivity index (χ1) is 8.35. The molecule has 0 N–H and O–H groups in total. The van der Waals surface area contributed by atoms with Crippen LogP contribution in [0.1, 0.15) is 6.42 Å². The van der Waals surface area contributed by atoms with Crippen molar-refractivity contribution in [3.63, 3.8) is 0 Å². The van der Waals surface area contributed by atoms with E-state index in [9.17, 15) is 17.1 Å². The lowest BCUT2D eigenvalue weighted by Crippen LogP contribution is -2.26. The third-order valence-electron chi connectivity index (χ3n) is 2.63. The average molecular weight is 293 g/mol. The van der Waals surface area contributed by atoms with Crippen molar-refractivity contribution in [1.29, 1.82) is 0 Å². The number of amides is 1. The van der Waals surface area contributed by atoms with Crippen LogP contribution in [-0.4, -0.2) is 31.6 Å². The minimum absolute atomic E-state index is 0.00740. The zero-order valence-corrected chi connectivity index (χ0v) is 10.8. The Morgan fingerprint density at radius 1 is 1.50 bits per heavy atom. The van der Waals surface area contributed by atoms with Crippen LogP contribution >= 0.6 is 11.6 Å². The van der Waals surface area contributed by atoms with E-state index in [0.29, 0.717) is 10.8 Å². The van der Waals surface area contributed by atoms with Crippen molar-refractivity contribution in [3.8, 4) is 0 Å². The molecule has 1 aliphatic rings. The van der Waals surface area contributed by atoms with E-state index in [0.717, 1.165) is 0 Å². The Morgan fingerprint density at radius 2 is 2.22 bits per heavy atom. The summed E-state index contributed by atoms with van der Waals surface area (Å²) in [5.74, 6) is -1.05. The van der Waals surface area contributed by atoms with Crippen LogP contribution in [0.5, 0.6) is 0 Å². The van der Waals surface area contributed by atoms with Gasteiger partial charge in [0.2, 0.25) is 5.91 Å². The highest BCUT2D eigenvalue weighted by molar-refractivity contribution is 7.86. The number of halogens is 2. The Labute approximate surface area is 109 Å². The van der Waals surface area contributed by atoms with Crippen LogP contribution < -0.4 is 4.90 Å². The fourth-order valence-corrected chi connectivity index (χ4v) is 2.82. The third kappa shape index (κ3) is 3.17. The molecule has 98 valence electrons. The normalized spacial score (nSPS) is 20.4. The monoisotopic (exact) mass is 292 g/mol. The third-order valence-corrected chi connectivity index (χ3v) is 3.72. The van der Waals surface area contributed by atoms with Crippen LogP contribution in [0.4, 0.5) is 9.70 Å². The lowest BCUT2D eigenvalue weighted by Gasteiger charge is -2.14. The van der Waals surface area contributed by atoms with Crippen LogP contribution in [0.15, 0.2) is 18.3 Å². The largest absolute Gasteiger partial charge is 0.302 e. The molecule has 0 radical (unpaired) electrons. The molecule has 1 fully saturated rings. The van der Waals surface area contributed by atoms with Crippen molar-refractivity contribution in [2.45, 2.75) is 6.42 Å². The molecule has 2 rings (SSSR count). The summed E-state index contributed by atoms with van der Waals surface area (Å²) in [5.41, 5.74) is 0. The molecule has 0 aliphatic carbocycles. The quantitative estimate of drug-likeness (QED) is 0.790. The van der Waals surface area contributed by atoms with Gasteiger partial charge in [0, 0.05) is 25.1 Å². The van der Waals surface area contributed by atoms with Crippen molar-refractivity contribution in [3.05, 3.63) is 23.4 Å². The average Bonchev–Trinajstić information content (AvgIpc) is 2.58. The topological polar surface area (TPSA) is 67.3 Å². The van der Waals surface area contributed by atoms with Gasteiger partial charge in [0.1, 0.15) is 5.82 Å². The molecular weight excluding hydrogens is 283 g/mol. The number of carbonyl (C=O) groups excluding carboxylic acids is 1. The first kappa shape index (κ1) is 13.2. The van der Waals surface area contributed by atoms with Gasteiger partial charge in [0.05, 0.1) is 10.8 Å². The van der Waals surface area contributed by atoms with Gasteiger partial charge in [0.15, 0.2) is 0 Å². The lowest BCUT2D eigenvalue weighted by molar-refractivity contribution is -0.117. The van der Waals surface area contributed by atoms with Crippen molar-refractivity contribution in [2.24, 2.45) is 5.92 Å². The van der Waals surface area contributed by atoms with Gasteiger partial charge in [-0.25, -0.2) is 4.98 Å². The molecule has 0 spiro atoms. The molecular formula is C10H10ClFN2O3S. The molecule has 2 heterocycles. The summed E-state index contributed by atoms with van der Waals surface area (Å²) >= 11 is 5.68. The Hall–Kier alpha value is -1.21. The highest BCUT2D eigenvalue weighted by Gasteiger charge is 2.34. The number of hydrogen-bond donors (Lipinski definition) is 0. The maximum Gasteiger partial charge on any atom is 0.302 e. The van der Waals surface area contributed by atoms with Gasteiger partial charge in [-0.15, -0.1) is 3.89 Å². The minimum atomic E-state index is -4.56. The van der Waals surface area contributed by atoms with E-state index in [1.165, 1.54) is 11.1 Å². The first-order valence-electron chi connectivity index (χ1n) is 5.19. The predicted molar refractivity (Wildman–Crippen MR) is 64.6 cm³/mol. The van der Waals surface area contributed by atoms with Crippen LogP contribution in [0.25, 0.3) is 0 Å². The van der Waals surface area contributed by atoms with E-state index in [4.69, 9.17) is 11.6 Å². The van der Waals surface area contributed by atoms with Gasteiger partial charge in [0.25, 0.3) is 0 Å². The molecule has 1 unspecified atom stereocenters. The van der Waals surface area contributed by atoms with Crippen LogP contribution in [0.2, 0.25) is 5.02 Å². The Morgan fingerprint density at radius 3 is 2.78 bits per heavy atom. The molecule has 0 bridgehead atoms. The second-order valence-corrected chi connectivity index (χ2v) is 5.96. The summed E-state index contributed by atoms with van der Waals surface area (Å²) in [6.45, 7) is 0.149. The zero-order valence-electron chi connectivity index (χ0n) is 9.21.